The first kappa shape index (κ1) is 13.2. The molecule has 0 bridgehead atoms. The van der Waals surface area contributed by atoms with Crippen LogP contribution in [0.15, 0.2) is 30.5 Å². The molecule has 1 fully saturated rings. The molecule has 2 aromatic rings. The molecule has 1 aliphatic heterocycles. The molecule has 1 aromatic heterocycles. The molecular weight excluding hydrogens is 250 g/mol. The van der Waals surface area contributed by atoms with Crippen molar-refractivity contribution in [2.24, 2.45) is 0 Å². The second-order valence-electron chi connectivity index (χ2n) is 5.30. The van der Waals surface area contributed by atoms with E-state index >= 15 is 0 Å². The third-order valence-electron chi connectivity index (χ3n) is 3.87. The van der Waals surface area contributed by atoms with Crippen molar-refractivity contribution in [1.29, 1.82) is 0 Å². The van der Waals surface area contributed by atoms with E-state index in [4.69, 9.17) is 10.5 Å². The molecule has 0 amide bonds. The summed E-state index contributed by atoms with van der Waals surface area (Å²) in [5.74, 6) is 0.874. The predicted octanol–water partition coefficient (Wildman–Crippen LogP) is 2.68. The summed E-state index contributed by atoms with van der Waals surface area (Å²) in [5.41, 5.74) is 7.46. The molecule has 106 valence electrons. The van der Waals surface area contributed by atoms with E-state index in [-0.39, 0.29) is 0 Å². The summed E-state index contributed by atoms with van der Waals surface area (Å²) >= 11 is 0. The minimum absolute atomic E-state index is 0.698. The summed E-state index contributed by atoms with van der Waals surface area (Å²) in [5, 5.41) is 0.992. The Morgan fingerprint density at radius 2 is 2.00 bits per heavy atom. The van der Waals surface area contributed by atoms with Crippen molar-refractivity contribution < 1.29 is 4.74 Å². The van der Waals surface area contributed by atoms with Gasteiger partial charge in [0, 0.05) is 18.1 Å². The van der Waals surface area contributed by atoms with Gasteiger partial charge < -0.3 is 10.5 Å². The maximum atomic E-state index is 5.94. The molecule has 4 nitrogen and oxygen atoms in total. The lowest BCUT2D eigenvalue weighted by molar-refractivity contribution is 0.184. The van der Waals surface area contributed by atoms with Crippen LogP contribution < -0.4 is 10.5 Å². The fourth-order valence-corrected chi connectivity index (χ4v) is 2.76. The van der Waals surface area contributed by atoms with Gasteiger partial charge in [0.25, 0.3) is 0 Å². The minimum Gasteiger partial charge on any atom is -0.492 e. The number of nitrogens with zero attached hydrogens (tertiary/aromatic N) is 2. The lowest BCUT2D eigenvalue weighted by Gasteiger charge is -2.26. The van der Waals surface area contributed by atoms with E-state index in [1.807, 2.05) is 24.3 Å². The molecule has 1 saturated heterocycles. The Morgan fingerprint density at radius 1 is 1.15 bits per heavy atom. The molecule has 2 heterocycles. The number of fused-ring (bicyclic) bond motifs is 1. The molecule has 3 rings (SSSR count). The van der Waals surface area contributed by atoms with E-state index in [0.29, 0.717) is 12.3 Å². The van der Waals surface area contributed by atoms with E-state index < -0.39 is 0 Å². The molecule has 1 aliphatic rings. The number of anilines is 1. The zero-order valence-electron chi connectivity index (χ0n) is 11.7. The molecule has 0 spiro atoms. The van der Waals surface area contributed by atoms with Crippen molar-refractivity contribution in [3.8, 4) is 5.75 Å². The van der Waals surface area contributed by atoms with E-state index in [1.165, 1.54) is 32.4 Å². The number of nitrogen functional groups attached to an aromatic ring is 1. The van der Waals surface area contributed by atoms with Gasteiger partial charge in [-0.3, -0.25) is 9.88 Å². The highest BCUT2D eigenvalue weighted by molar-refractivity contribution is 5.93. The number of aromatic nitrogens is 1. The second kappa shape index (κ2) is 6.09. The first-order valence-corrected chi connectivity index (χ1v) is 7.33. The minimum atomic E-state index is 0.698. The van der Waals surface area contributed by atoms with Gasteiger partial charge in [0.15, 0.2) is 0 Å². The van der Waals surface area contributed by atoms with Crippen LogP contribution in [0.4, 0.5) is 5.69 Å². The third kappa shape index (κ3) is 2.85. The van der Waals surface area contributed by atoms with Gasteiger partial charge in [-0.1, -0.05) is 6.42 Å². The van der Waals surface area contributed by atoms with Crippen molar-refractivity contribution in [2.75, 3.05) is 32.0 Å². The first-order valence-electron chi connectivity index (χ1n) is 7.33. The summed E-state index contributed by atoms with van der Waals surface area (Å²) in [6.07, 6.45) is 5.76. The molecule has 0 unspecified atom stereocenters. The van der Waals surface area contributed by atoms with Gasteiger partial charge in [0.2, 0.25) is 0 Å². The van der Waals surface area contributed by atoms with Crippen LogP contribution in [-0.4, -0.2) is 36.1 Å². The third-order valence-corrected chi connectivity index (χ3v) is 3.87. The Labute approximate surface area is 119 Å². The van der Waals surface area contributed by atoms with Crippen LogP contribution in [-0.2, 0) is 0 Å². The highest BCUT2D eigenvalue weighted by Crippen LogP contribution is 2.28. The van der Waals surface area contributed by atoms with Gasteiger partial charge in [0.05, 0.1) is 11.2 Å². The standard InChI is InChI=1S/C16H21N3O/c17-14-6-7-15(13-5-4-8-18-16(13)14)20-12-11-19-9-2-1-3-10-19/h4-8H,1-3,9-12,17H2. The number of benzene rings is 1. The summed E-state index contributed by atoms with van der Waals surface area (Å²) in [7, 11) is 0. The molecule has 0 atom stereocenters. The first-order chi connectivity index (χ1) is 9.84. The molecule has 0 aliphatic carbocycles. The monoisotopic (exact) mass is 271 g/mol. The number of pyridine rings is 1. The van der Waals surface area contributed by atoms with Crippen LogP contribution in [0.5, 0.6) is 5.75 Å². The number of nitrogens with two attached hydrogens (primary N) is 1. The molecule has 0 radical (unpaired) electrons. The van der Waals surface area contributed by atoms with Crippen molar-refractivity contribution >= 4 is 16.6 Å². The SMILES string of the molecule is Nc1ccc(OCCN2CCCCC2)c2cccnc12. The number of hydrogen-bond donors (Lipinski definition) is 1. The normalized spacial score (nSPS) is 16.4. The van der Waals surface area contributed by atoms with Gasteiger partial charge in [-0.15, -0.1) is 0 Å². The number of ether oxygens (including phenoxy) is 1. The Bertz CT molecular complexity index is 579. The molecule has 4 heteroatoms. The van der Waals surface area contributed by atoms with Crippen molar-refractivity contribution in [2.45, 2.75) is 19.3 Å². The smallest absolute Gasteiger partial charge is 0.128 e. The molecule has 2 N–H and O–H groups in total. The zero-order valence-corrected chi connectivity index (χ0v) is 11.7. The van der Waals surface area contributed by atoms with Crippen LogP contribution in [0.25, 0.3) is 10.9 Å². The topological polar surface area (TPSA) is 51.4 Å². The zero-order chi connectivity index (χ0) is 13.8. The molecule has 1 aromatic carbocycles. The van der Waals surface area contributed by atoms with Crippen LogP contribution in [0.3, 0.4) is 0 Å². The van der Waals surface area contributed by atoms with E-state index in [9.17, 15) is 0 Å². The van der Waals surface area contributed by atoms with Crippen molar-refractivity contribution in [3.63, 3.8) is 0 Å². The van der Waals surface area contributed by atoms with Crippen molar-refractivity contribution in [3.05, 3.63) is 30.5 Å². The van der Waals surface area contributed by atoms with Crippen LogP contribution in [0.2, 0.25) is 0 Å². The van der Waals surface area contributed by atoms with Crippen LogP contribution in [0, 0.1) is 0 Å². The lowest BCUT2D eigenvalue weighted by atomic mass is 10.1. The van der Waals surface area contributed by atoms with Gasteiger partial charge in [-0.25, -0.2) is 0 Å². The van der Waals surface area contributed by atoms with Gasteiger partial charge in [0.1, 0.15) is 12.4 Å². The largest absolute Gasteiger partial charge is 0.492 e. The molecule has 20 heavy (non-hydrogen) atoms. The Balaban J connectivity index is 1.67. The average Bonchev–Trinajstić information content (AvgIpc) is 2.51. The maximum Gasteiger partial charge on any atom is 0.128 e. The van der Waals surface area contributed by atoms with E-state index in [0.717, 1.165) is 23.2 Å². The average molecular weight is 271 g/mol. The Kier molecular flexibility index (Phi) is 4.02. The quantitative estimate of drug-likeness (QED) is 0.869. The summed E-state index contributed by atoms with van der Waals surface area (Å²) < 4.78 is 5.94. The van der Waals surface area contributed by atoms with E-state index in [2.05, 4.69) is 9.88 Å². The Morgan fingerprint density at radius 3 is 2.85 bits per heavy atom. The highest BCUT2D eigenvalue weighted by Gasteiger charge is 2.10. The predicted molar refractivity (Wildman–Crippen MR) is 81.9 cm³/mol. The number of piperidine rings is 1. The van der Waals surface area contributed by atoms with Gasteiger partial charge in [-0.05, 0) is 50.2 Å². The fraction of sp³-hybridized carbons (Fsp3) is 0.438. The maximum absolute atomic E-state index is 5.94. The summed E-state index contributed by atoms with van der Waals surface area (Å²) in [6, 6.07) is 7.73. The number of rotatable bonds is 4. The molecular formula is C16H21N3O. The second-order valence-corrected chi connectivity index (χ2v) is 5.30. The van der Waals surface area contributed by atoms with E-state index in [1.54, 1.807) is 6.20 Å². The Hall–Kier alpha value is -1.81. The van der Waals surface area contributed by atoms with Gasteiger partial charge >= 0.3 is 0 Å². The van der Waals surface area contributed by atoms with Crippen LogP contribution in [0.1, 0.15) is 19.3 Å². The van der Waals surface area contributed by atoms with Crippen LogP contribution >= 0.6 is 0 Å². The lowest BCUT2D eigenvalue weighted by Crippen LogP contribution is -2.33. The summed E-state index contributed by atoms with van der Waals surface area (Å²) in [6.45, 7) is 4.11. The fourth-order valence-electron chi connectivity index (χ4n) is 2.76. The van der Waals surface area contributed by atoms with Crippen molar-refractivity contribution in [1.82, 2.24) is 9.88 Å². The molecule has 0 saturated carbocycles. The highest BCUT2D eigenvalue weighted by atomic mass is 16.5. The number of likely N-dealkylation sites (tertiary alicyclic amines) is 1. The van der Waals surface area contributed by atoms with Gasteiger partial charge in [-0.2, -0.15) is 0 Å². The number of hydrogen-bond acceptors (Lipinski definition) is 4. The summed E-state index contributed by atoms with van der Waals surface area (Å²) in [4.78, 5) is 6.80.